The Morgan fingerprint density at radius 3 is 2.55 bits per heavy atom. The number of carbonyl (C=O) groups excluding carboxylic acids is 1. The summed E-state index contributed by atoms with van der Waals surface area (Å²) >= 11 is 0. The van der Waals surface area contributed by atoms with Gasteiger partial charge in [-0.05, 0) is 0 Å². The number of alkyl halides is 3. The molecule has 2 N–H and O–H groups in total. The highest BCUT2D eigenvalue weighted by atomic mass is 19.4. The van der Waals surface area contributed by atoms with Crippen molar-refractivity contribution >= 4 is 11.9 Å². The smallest absolute Gasteiger partial charge is 0.471 e. The third-order valence-corrected chi connectivity index (χ3v) is 3.01. The number of aromatic amines is 1. The number of halogens is 3. The van der Waals surface area contributed by atoms with Crippen LogP contribution in [0.15, 0.2) is 11.0 Å². The van der Waals surface area contributed by atoms with Crippen molar-refractivity contribution in [2.75, 3.05) is 6.54 Å². The molecule has 0 saturated heterocycles. The molecule has 2 rings (SSSR count). The van der Waals surface area contributed by atoms with Crippen molar-refractivity contribution in [3.05, 3.63) is 33.2 Å². The van der Waals surface area contributed by atoms with E-state index in [1.54, 1.807) is 0 Å². The van der Waals surface area contributed by atoms with E-state index < -0.39 is 35.6 Å². The summed E-state index contributed by atoms with van der Waals surface area (Å²) in [5.41, 5.74) is -1.20. The summed E-state index contributed by atoms with van der Waals surface area (Å²) in [5, 5.41) is 8.79. The Bertz CT molecular complexity index is 636. The third kappa shape index (κ3) is 2.38. The molecule has 0 atom stereocenters. The van der Waals surface area contributed by atoms with Crippen LogP contribution >= 0.6 is 0 Å². The molecular formula is C11H9F3N2O4. The second-order valence-corrected chi connectivity index (χ2v) is 4.27. The molecule has 0 spiro atoms. The normalized spacial score (nSPS) is 14.8. The molecule has 1 aliphatic rings. The van der Waals surface area contributed by atoms with Crippen LogP contribution in [0.25, 0.3) is 0 Å². The van der Waals surface area contributed by atoms with Crippen LogP contribution in [0.2, 0.25) is 0 Å². The summed E-state index contributed by atoms with van der Waals surface area (Å²) in [7, 11) is 0. The van der Waals surface area contributed by atoms with Gasteiger partial charge in [-0.25, -0.2) is 4.79 Å². The molecular weight excluding hydrogens is 281 g/mol. The number of carbonyl (C=O) groups is 2. The number of H-pyrrole nitrogens is 1. The molecule has 0 aliphatic carbocycles. The topological polar surface area (TPSA) is 90.5 Å². The number of amides is 1. The average molecular weight is 290 g/mol. The first kappa shape index (κ1) is 14.1. The van der Waals surface area contributed by atoms with Gasteiger partial charge in [-0.2, -0.15) is 13.2 Å². The molecule has 0 bridgehead atoms. The van der Waals surface area contributed by atoms with Gasteiger partial charge in [-0.15, -0.1) is 0 Å². The first-order chi connectivity index (χ1) is 9.21. The van der Waals surface area contributed by atoms with E-state index in [4.69, 9.17) is 5.11 Å². The number of rotatable bonds is 1. The van der Waals surface area contributed by atoms with Crippen LogP contribution in [0.1, 0.15) is 21.6 Å². The van der Waals surface area contributed by atoms with Gasteiger partial charge in [0.15, 0.2) is 0 Å². The van der Waals surface area contributed by atoms with E-state index in [1.165, 1.54) is 0 Å². The summed E-state index contributed by atoms with van der Waals surface area (Å²) < 4.78 is 37.0. The van der Waals surface area contributed by atoms with Gasteiger partial charge in [0.25, 0.3) is 0 Å². The van der Waals surface area contributed by atoms with Crippen LogP contribution in [-0.4, -0.2) is 39.6 Å². The van der Waals surface area contributed by atoms with Gasteiger partial charge in [-0.3, -0.25) is 9.59 Å². The number of carboxylic acids is 1. The van der Waals surface area contributed by atoms with E-state index in [0.717, 1.165) is 6.20 Å². The number of hydrogen-bond acceptors (Lipinski definition) is 3. The molecule has 9 heteroatoms. The third-order valence-electron chi connectivity index (χ3n) is 3.01. The van der Waals surface area contributed by atoms with Crippen LogP contribution in [0.3, 0.4) is 0 Å². The largest absolute Gasteiger partial charge is 0.477 e. The summed E-state index contributed by atoms with van der Waals surface area (Å²) in [5.74, 6) is -3.52. The van der Waals surface area contributed by atoms with Crippen molar-refractivity contribution in [3.8, 4) is 0 Å². The lowest BCUT2D eigenvalue weighted by atomic mass is 10.0. The Hall–Kier alpha value is -2.32. The van der Waals surface area contributed by atoms with Crippen molar-refractivity contribution in [1.29, 1.82) is 0 Å². The van der Waals surface area contributed by atoms with E-state index in [0.29, 0.717) is 10.6 Å². The first-order valence-electron chi connectivity index (χ1n) is 5.54. The van der Waals surface area contributed by atoms with Crippen molar-refractivity contribution in [2.24, 2.45) is 0 Å². The van der Waals surface area contributed by atoms with E-state index in [1.807, 2.05) is 0 Å². The van der Waals surface area contributed by atoms with Crippen LogP contribution in [0, 0.1) is 0 Å². The lowest BCUT2D eigenvalue weighted by molar-refractivity contribution is -0.186. The Kier molecular flexibility index (Phi) is 3.28. The maximum atomic E-state index is 12.3. The fraction of sp³-hybridized carbons (Fsp3) is 0.364. The minimum absolute atomic E-state index is 0.0340. The lowest BCUT2D eigenvalue weighted by Gasteiger charge is -2.28. The summed E-state index contributed by atoms with van der Waals surface area (Å²) in [4.78, 5) is 36.9. The number of nitrogens with one attached hydrogen (secondary N) is 1. The fourth-order valence-electron chi connectivity index (χ4n) is 2.03. The molecule has 1 amide bonds. The summed E-state index contributed by atoms with van der Waals surface area (Å²) in [6.07, 6.45) is -3.98. The lowest BCUT2D eigenvalue weighted by Crippen LogP contribution is -2.45. The molecule has 2 heterocycles. The number of aromatic carboxylic acids is 1. The number of pyridine rings is 1. The molecule has 6 nitrogen and oxygen atoms in total. The molecule has 0 saturated carbocycles. The first-order valence-corrected chi connectivity index (χ1v) is 5.54. The molecule has 0 unspecified atom stereocenters. The number of fused-ring (bicyclic) bond motifs is 1. The highest BCUT2D eigenvalue weighted by molar-refractivity contribution is 5.87. The van der Waals surface area contributed by atoms with Crippen LogP contribution < -0.4 is 5.43 Å². The van der Waals surface area contributed by atoms with Gasteiger partial charge in [0, 0.05) is 30.4 Å². The highest BCUT2D eigenvalue weighted by Gasteiger charge is 2.43. The van der Waals surface area contributed by atoms with Gasteiger partial charge in [0.05, 0.1) is 6.54 Å². The molecule has 1 aliphatic heterocycles. The van der Waals surface area contributed by atoms with Gasteiger partial charge < -0.3 is 15.0 Å². The van der Waals surface area contributed by atoms with E-state index >= 15 is 0 Å². The number of aromatic nitrogens is 1. The maximum absolute atomic E-state index is 12.3. The Balaban J connectivity index is 2.39. The average Bonchev–Trinajstić information content (AvgIpc) is 2.36. The van der Waals surface area contributed by atoms with Crippen molar-refractivity contribution in [2.45, 2.75) is 19.1 Å². The molecule has 20 heavy (non-hydrogen) atoms. The number of carboxylic acid groups (broad SMARTS) is 1. The maximum Gasteiger partial charge on any atom is 0.471 e. The van der Waals surface area contributed by atoms with Gasteiger partial charge in [0.2, 0.25) is 5.43 Å². The molecule has 108 valence electrons. The molecule has 0 fully saturated rings. The minimum Gasteiger partial charge on any atom is -0.477 e. The van der Waals surface area contributed by atoms with E-state index in [-0.39, 0.29) is 18.5 Å². The minimum atomic E-state index is -5.02. The Morgan fingerprint density at radius 2 is 2.00 bits per heavy atom. The fourth-order valence-corrected chi connectivity index (χ4v) is 2.03. The standard InChI is InChI=1S/C11H9F3N2O4/c12-11(13,14)10(20)16-2-1-7-6(4-16)8(17)5(3-15-7)9(18)19/h3H,1-2,4H2,(H,15,17)(H,18,19). The predicted octanol–water partition coefficient (Wildman–Crippen LogP) is 0.520. The monoisotopic (exact) mass is 290 g/mol. The second-order valence-electron chi connectivity index (χ2n) is 4.27. The van der Waals surface area contributed by atoms with Crippen molar-refractivity contribution in [1.82, 2.24) is 9.88 Å². The van der Waals surface area contributed by atoms with E-state index in [2.05, 4.69) is 4.98 Å². The van der Waals surface area contributed by atoms with E-state index in [9.17, 15) is 27.6 Å². The number of hydrogen-bond donors (Lipinski definition) is 2. The van der Waals surface area contributed by atoms with Crippen LogP contribution in [0.4, 0.5) is 13.2 Å². The molecule has 0 aromatic carbocycles. The summed E-state index contributed by atoms with van der Waals surface area (Å²) in [6.45, 7) is -0.738. The zero-order valence-electron chi connectivity index (χ0n) is 9.95. The number of nitrogens with zero attached hydrogens (tertiary/aromatic N) is 1. The quantitative estimate of drug-likeness (QED) is 0.789. The van der Waals surface area contributed by atoms with Gasteiger partial charge in [0.1, 0.15) is 5.56 Å². The zero-order chi connectivity index (χ0) is 15.1. The molecule has 0 radical (unpaired) electrons. The van der Waals surface area contributed by atoms with Crippen LogP contribution in [0.5, 0.6) is 0 Å². The van der Waals surface area contributed by atoms with Gasteiger partial charge in [-0.1, -0.05) is 0 Å². The predicted molar refractivity (Wildman–Crippen MR) is 59.2 cm³/mol. The van der Waals surface area contributed by atoms with Crippen molar-refractivity contribution < 1.29 is 27.9 Å². The molecule has 1 aromatic rings. The van der Waals surface area contributed by atoms with Crippen LogP contribution in [-0.2, 0) is 17.8 Å². The Morgan fingerprint density at radius 1 is 1.35 bits per heavy atom. The van der Waals surface area contributed by atoms with Gasteiger partial charge >= 0.3 is 18.1 Å². The second kappa shape index (κ2) is 4.66. The SMILES string of the molecule is O=C(O)c1c[nH]c2c(c1=O)CN(C(=O)C(F)(F)F)CC2. The highest BCUT2D eigenvalue weighted by Crippen LogP contribution is 2.22. The summed E-state index contributed by atoms with van der Waals surface area (Å²) in [6, 6.07) is 0. The zero-order valence-corrected chi connectivity index (χ0v) is 9.95. The molecule has 1 aromatic heterocycles. The van der Waals surface area contributed by atoms with Crippen molar-refractivity contribution in [3.63, 3.8) is 0 Å². The Labute approximate surface area is 109 Å².